The molecule has 0 atom stereocenters. The number of fused-ring (bicyclic) bond motifs is 1. The van der Waals surface area contributed by atoms with Crippen molar-refractivity contribution in [2.24, 2.45) is 0 Å². The van der Waals surface area contributed by atoms with E-state index in [1.54, 1.807) is 13.0 Å². The van der Waals surface area contributed by atoms with Gasteiger partial charge in [0.25, 0.3) is 0 Å². The highest BCUT2D eigenvalue weighted by Gasteiger charge is 2.18. The Balaban J connectivity index is 2.36. The lowest BCUT2D eigenvalue weighted by Crippen LogP contribution is -2.12. The summed E-state index contributed by atoms with van der Waals surface area (Å²) < 4.78 is 9.91. The molecule has 0 saturated carbocycles. The normalized spacial score (nSPS) is 10.3. The van der Waals surface area contributed by atoms with E-state index in [0.717, 1.165) is 10.9 Å². The molecule has 0 aliphatic heterocycles. The van der Waals surface area contributed by atoms with E-state index in [4.69, 9.17) is 9.47 Å². The minimum absolute atomic E-state index is 0.220. The number of hydrogen-bond donors (Lipinski definition) is 0. The van der Waals surface area contributed by atoms with Gasteiger partial charge in [-0.1, -0.05) is 18.2 Å². The molecule has 20 heavy (non-hydrogen) atoms. The van der Waals surface area contributed by atoms with E-state index >= 15 is 0 Å². The molecule has 0 amide bonds. The van der Waals surface area contributed by atoms with Crippen LogP contribution in [0.1, 0.15) is 23.7 Å². The van der Waals surface area contributed by atoms with Crippen molar-refractivity contribution in [2.45, 2.75) is 13.3 Å². The Kier molecular flexibility index (Phi) is 4.30. The van der Waals surface area contributed by atoms with Crippen LogP contribution in [0, 0.1) is 0 Å². The monoisotopic (exact) mass is 273 g/mol. The van der Waals surface area contributed by atoms with Crippen LogP contribution in [-0.4, -0.2) is 30.5 Å². The third-order valence-electron chi connectivity index (χ3n) is 2.79. The number of carbonyl (C=O) groups is 2. The smallest absolute Gasteiger partial charge is 0.313 e. The summed E-state index contributed by atoms with van der Waals surface area (Å²) in [5, 5.41) is 0.820. The second-order valence-corrected chi connectivity index (χ2v) is 4.14. The van der Waals surface area contributed by atoms with Crippen LogP contribution in [0.2, 0.25) is 0 Å². The highest BCUT2D eigenvalue weighted by Crippen LogP contribution is 2.23. The molecular weight excluding hydrogens is 258 g/mol. The Bertz CT molecular complexity index is 651. The molecule has 5 heteroatoms. The average molecular weight is 273 g/mol. The third-order valence-corrected chi connectivity index (χ3v) is 2.79. The Morgan fingerprint density at radius 1 is 1.25 bits per heavy atom. The van der Waals surface area contributed by atoms with Crippen molar-refractivity contribution in [3.05, 3.63) is 35.9 Å². The Labute approximate surface area is 116 Å². The van der Waals surface area contributed by atoms with E-state index in [1.165, 1.54) is 7.11 Å². The minimum Gasteiger partial charge on any atom is -0.480 e. The zero-order chi connectivity index (χ0) is 14.5. The number of pyridine rings is 1. The van der Waals surface area contributed by atoms with E-state index in [9.17, 15) is 9.59 Å². The average Bonchev–Trinajstić information content (AvgIpc) is 2.45. The van der Waals surface area contributed by atoms with Crippen molar-refractivity contribution >= 4 is 22.7 Å². The van der Waals surface area contributed by atoms with Crippen molar-refractivity contribution in [1.82, 2.24) is 4.98 Å². The number of Topliss-reactive ketones (excluding diaryl/α,β-unsaturated/α-hetero) is 1. The van der Waals surface area contributed by atoms with E-state index < -0.39 is 5.97 Å². The van der Waals surface area contributed by atoms with Gasteiger partial charge in [-0.15, -0.1) is 0 Å². The molecule has 0 fully saturated rings. The quantitative estimate of drug-likeness (QED) is 0.475. The van der Waals surface area contributed by atoms with Crippen molar-refractivity contribution in [3.8, 4) is 5.88 Å². The lowest BCUT2D eigenvalue weighted by atomic mass is 10.1. The Hall–Kier alpha value is -2.43. The molecule has 0 aliphatic carbocycles. The van der Waals surface area contributed by atoms with Gasteiger partial charge in [-0.2, -0.15) is 0 Å². The molecule has 0 saturated heterocycles. The molecule has 0 spiro atoms. The highest BCUT2D eigenvalue weighted by atomic mass is 16.5. The number of aromatic nitrogens is 1. The standard InChI is InChI=1S/C15H15NO4/c1-3-20-14(18)9-13(17)11-8-10-6-4-5-7-12(10)16-15(11)19-2/h4-8H,3,9H2,1-2H3. The number of hydrogen-bond acceptors (Lipinski definition) is 5. The predicted octanol–water partition coefficient (Wildman–Crippen LogP) is 2.38. The molecular formula is C15H15NO4. The SMILES string of the molecule is CCOC(=O)CC(=O)c1cc2ccccc2nc1OC. The van der Waals surface area contributed by atoms with E-state index in [-0.39, 0.29) is 24.7 Å². The summed E-state index contributed by atoms with van der Waals surface area (Å²) in [7, 11) is 1.44. The van der Waals surface area contributed by atoms with Gasteiger partial charge in [-0.3, -0.25) is 9.59 Å². The summed E-state index contributed by atoms with van der Waals surface area (Å²) >= 11 is 0. The van der Waals surface area contributed by atoms with Gasteiger partial charge in [0.05, 0.1) is 24.8 Å². The van der Waals surface area contributed by atoms with Gasteiger partial charge in [0.1, 0.15) is 6.42 Å². The van der Waals surface area contributed by atoms with Crippen LogP contribution in [-0.2, 0) is 9.53 Å². The number of para-hydroxylation sites is 1. The molecule has 104 valence electrons. The predicted molar refractivity (Wildman–Crippen MR) is 73.9 cm³/mol. The van der Waals surface area contributed by atoms with Crippen molar-refractivity contribution < 1.29 is 19.1 Å². The lowest BCUT2D eigenvalue weighted by Gasteiger charge is -2.08. The number of ketones is 1. The molecule has 0 N–H and O–H groups in total. The lowest BCUT2D eigenvalue weighted by molar-refractivity contribution is -0.141. The summed E-state index contributed by atoms with van der Waals surface area (Å²) in [6.07, 6.45) is -0.315. The molecule has 1 heterocycles. The summed E-state index contributed by atoms with van der Waals surface area (Å²) in [6.45, 7) is 1.94. The third kappa shape index (κ3) is 2.93. The molecule has 2 aromatic rings. The second kappa shape index (κ2) is 6.14. The molecule has 0 unspecified atom stereocenters. The van der Waals surface area contributed by atoms with E-state index in [1.807, 2.05) is 24.3 Å². The maximum absolute atomic E-state index is 12.1. The van der Waals surface area contributed by atoms with Crippen molar-refractivity contribution in [2.75, 3.05) is 13.7 Å². The number of carbonyl (C=O) groups excluding carboxylic acids is 2. The van der Waals surface area contributed by atoms with Crippen LogP contribution in [0.3, 0.4) is 0 Å². The van der Waals surface area contributed by atoms with E-state index in [0.29, 0.717) is 5.56 Å². The first-order valence-electron chi connectivity index (χ1n) is 6.28. The van der Waals surface area contributed by atoms with Crippen LogP contribution in [0.25, 0.3) is 10.9 Å². The highest BCUT2D eigenvalue weighted by molar-refractivity contribution is 6.08. The number of esters is 1. The zero-order valence-electron chi connectivity index (χ0n) is 11.4. The maximum Gasteiger partial charge on any atom is 0.313 e. The second-order valence-electron chi connectivity index (χ2n) is 4.14. The van der Waals surface area contributed by atoms with Crippen molar-refractivity contribution in [3.63, 3.8) is 0 Å². The molecule has 0 bridgehead atoms. The first-order chi connectivity index (χ1) is 9.65. The summed E-state index contributed by atoms with van der Waals surface area (Å²) in [4.78, 5) is 27.8. The van der Waals surface area contributed by atoms with Gasteiger partial charge in [-0.05, 0) is 19.1 Å². The molecule has 0 radical (unpaired) electrons. The first-order valence-corrected chi connectivity index (χ1v) is 6.28. The fraction of sp³-hybridized carbons (Fsp3) is 0.267. The molecule has 5 nitrogen and oxygen atoms in total. The fourth-order valence-corrected chi connectivity index (χ4v) is 1.89. The zero-order valence-corrected chi connectivity index (χ0v) is 11.4. The largest absolute Gasteiger partial charge is 0.480 e. The number of methoxy groups -OCH3 is 1. The van der Waals surface area contributed by atoms with Crippen LogP contribution in [0.15, 0.2) is 30.3 Å². The number of nitrogens with zero attached hydrogens (tertiary/aromatic N) is 1. The summed E-state index contributed by atoms with van der Waals surface area (Å²) in [5.74, 6) is -0.690. The van der Waals surface area contributed by atoms with Gasteiger partial charge >= 0.3 is 5.97 Å². The van der Waals surface area contributed by atoms with Gasteiger partial charge in [0.15, 0.2) is 5.78 Å². The maximum atomic E-state index is 12.1. The minimum atomic E-state index is -0.548. The molecule has 1 aromatic heterocycles. The van der Waals surface area contributed by atoms with Gasteiger partial charge in [0, 0.05) is 5.39 Å². The molecule has 2 rings (SSSR count). The molecule has 0 aliphatic rings. The summed E-state index contributed by atoms with van der Waals surface area (Å²) in [5.41, 5.74) is 1.02. The first kappa shape index (κ1) is 14.0. The fourth-order valence-electron chi connectivity index (χ4n) is 1.89. The van der Waals surface area contributed by atoms with Crippen molar-refractivity contribution in [1.29, 1.82) is 0 Å². The molecule has 1 aromatic carbocycles. The van der Waals surface area contributed by atoms with Crippen LogP contribution >= 0.6 is 0 Å². The van der Waals surface area contributed by atoms with Gasteiger partial charge in [0.2, 0.25) is 5.88 Å². The Morgan fingerprint density at radius 2 is 2.00 bits per heavy atom. The Morgan fingerprint density at radius 3 is 2.70 bits per heavy atom. The van der Waals surface area contributed by atoms with Gasteiger partial charge < -0.3 is 9.47 Å². The van der Waals surface area contributed by atoms with Gasteiger partial charge in [-0.25, -0.2) is 4.98 Å². The van der Waals surface area contributed by atoms with Crippen LogP contribution < -0.4 is 4.74 Å². The topological polar surface area (TPSA) is 65.5 Å². The number of ether oxygens (including phenoxy) is 2. The van der Waals surface area contributed by atoms with Crippen LogP contribution in [0.5, 0.6) is 5.88 Å². The summed E-state index contributed by atoms with van der Waals surface area (Å²) in [6, 6.07) is 9.08. The number of rotatable bonds is 5. The van der Waals surface area contributed by atoms with Crippen LogP contribution in [0.4, 0.5) is 0 Å². The van der Waals surface area contributed by atoms with E-state index in [2.05, 4.69) is 4.98 Å². The number of benzene rings is 1.